The van der Waals surface area contributed by atoms with Crippen LogP contribution in [0.3, 0.4) is 0 Å². The molecule has 54 valence electrons. The van der Waals surface area contributed by atoms with Crippen molar-refractivity contribution in [2.24, 2.45) is 5.41 Å². The molecule has 0 aliphatic rings. The highest BCUT2D eigenvalue weighted by Crippen LogP contribution is 2.21. The first kappa shape index (κ1) is 8.60. The topological polar surface area (TPSA) is 17.1 Å². The quantitative estimate of drug-likeness (QED) is 0.525. The molecule has 0 bridgehead atoms. The molecule has 0 saturated heterocycles. The van der Waals surface area contributed by atoms with Crippen molar-refractivity contribution in [1.82, 2.24) is 0 Å². The molecule has 2 heteroatoms. The predicted molar refractivity (Wildman–Crippen MR) is 35.0 cm³/mol. The van der Waals surface area contributed by atoms with Crippen molar-refractivity contribution in [2.75, 3.05) is 0 Å². The van der Waals surface area contributed by atoms with E-state index in [0.29, 0.717) is 12.7 Å². The van der Waals surface area contributed by atoms with E-state index in [2.05, 4.69) is 0 Å². The van der Waals surface area contributed by atoms with Gasteiger partial charge in [-0.05, 0) is 11.8 Å². The summed E-state index contributed by atoms with van der Waals surface area (Å²) in [7, 11) is 0. The van der Waals surface area contributed by atoms with Gasteiger partial charge in [0.2, 0.25) is 0 Å². The number of carbonyl (C=O) groups excluding carboxylic acids is 1. The SMILES string of the molecule is CC(C)(C)CC(F)C=O. The summed E-state index contributed by atoms with van der Waals surface area (Å²) in [6.07, 6.45) is -0.619. The summed E-state index contributed by atoms with van der Waals surface area (Å²) in [5.74, 6) is 0. The molecule has 1 atom stereocenters. The maximum absolute atomic E-state index is 12.3. The molecule has 1 nitrogen and oxygen atoms in total. The Labute approximate surface area is 55.3 Å². The zero-order valence-electron chi connectivity index (χ0n) is 6.15. The van der Waals surface area contributed by atoms with E-state index in [-0.39, 0.29) is 5.41 Å². The van der Waals surface area contributed by atoms with Gasteiger partial charge in [-0.1, -0.05) is 20.8 Å². The second-order valence-electron chi connectivity index (χ2n) is 3.42. The fourth-order valence-corrected chi connectivity index (χ4v) is 0.633. The van der Waals surface area contributed by atoms with Gasteiger partial charge in [0.05, 0.1) is 0 Å². The maximum Gasteiger partial charge on any atom is 0.156 e. The summed E-state index contributed by atoms with van der Waals surface area (Å²) in [6, 6.07) is 0. The van der Waals surface area contributed by atoms with Gasteiger partial charge >= 0.3 is 0 Å². The Morgan fingerprint density at radius 3 is 2.11 bits per heavy atom. The third kappa shape index (κ3) is 5.47. The Morgan fingerprint density at radius 2 is 2.00 bits per heavy atom. The van der Waals surface area contributed by atoms with Crippen LogP contribution < -0.4 is 0 Å². The zero-order valence-corrected chi connectivity index (χ0v) is 6.15. The van der Waals surface area contributed by atoms with Crippen molar-refractivity contribution in [3.05, 3.63) is 0 Å². The van der Waals surface area contributed by atoms with Crippen molar-refractivity contribution >= 4 is 6.29 Å². The largest absolute Gasteiger partial charge is 0.300 e. The first-order valence-corrected chi connectivity index (χ1v) is 3.05. The summed E-state index contributed by atoms with van der Waals surface area (Å²) < 4.78 is 12.3. The first-order valence-electron chi connectivity index (χ1n) is 3.05. The van der Waals surface area contributed by atoms with E-state index in [9.17, 15) is 9.18 Å². The highest BCUT2D eigenvalue weighted by Gasteiger charge is 2.16. The van der Waals surface area contributed by atoms with E-state index in [4.69, 9.17) is 0 Å². The molecular formula is C7H13FO. The van der Waals surface area contributed by atoms with Crippen LogP contribution in [0, 0.1) is 5.41 Å². The number of carbonyl (C=O) groups is 1. The van der Waals surface area contributed by atoms with E-state index in [0.717, 1.165) is 0 Å². The van der Waals surface area contributed by atoms with Crippen LogP contribution in [0.5, 0.6) is 0 Å². The standard InChI is InChI=1S/C7H13FO/c1-7(2,3)4-6(8)5-9/h5-6H,4H2,1-3H3. The lowest BCUT2D eigenvalue weighted by molar-refractivity contribution is -0.112. The normalized spacial score (nSPS) is 15.1. The third-order valence-corrected chi connectivity index (χ3v) is 0.955. The third-order valence-electron chi connectivity index (χ3n) is 0.955. The van der Waals surface area contributed by atoms with Crippen LogP contribution in [-0.4, -0.2) is 12.5 Å². The highest BCUT2D eigenvalue weighted by molar-refractivity contribution is 5.55. The monoisotopic (exact) mass is 132 g/mol. The lowest BCUT2D eigenvalue weighted by Crippen LogP contribution is -2.14. The van der Waals surface area contributed by atoms with E-state index in [1.54, 1.807) is 0 Å². The van der Waals surface area contributed by atoms with Crippen LogP contribution in [-0.2, 0) is 4.79 Å². The van der Waals surface area contributed by atoms with Crippen molar-refractivity contribution in [3.8, 4) is 0 Å². The molecule has 0 aromatic carbocycles. The van der Waals surface area contributed by atoms with Gasteiger partial charge in [0, 0.05) is 0 Å². The average molecular weight is 132 g/mol. The summed E-state index contributed by atoms with van der Waals surface area (Å²) in [6.45, 7) is 5.72. The molecule has 0 aromatic rings. The Morgan fingerprint density at radius 1 is 1.56 bits per heavy atom. The number of halogens is 1. The van der Waals surface area contributed by atoms with E-state index < -0.39 is 6.17 Å². The summed E-state index contributed by atoms with van der Waals surface area (Å²) in [5, 5.41) is 0. The zero-order chi connectivity index (χ0) is 7.49. The van der Waals surface area contributed by atoms with Crippen LogP contribution in [0.4, 0.5) is 4.39 Å². The van der Waals surface area contributed by atoms with Crippen LogP contribution in [0.2, 0.25) is 0 Å². The molecular weight excluding hydrogens is 119 g/mol. The van der Waals surface area contributed by atoms with Crippen LogP contribution in [0.1, 0.15) is 27.2 Å². The smallest absolute Gasteiger partial charge is 0.156 e. The molecule has 0 spiro atoms. The van der Waals surface area contributed by atoms with Gasteiger partial charge in [-0.3, -0.25) is 0 Å². The molecule has 0 aliphatic heterocycles. The van der Waals surface area contributed by atoms with Crippen molar-refractivity contribution in [2.45, 2.75) is 33.4 Å². The number of hydrogen-bond donors (Lipinski definition) is 0. The minimum atomic E-state index is -1.29. The first-order chi connectivity index (χ1) is 3.95. The minimum absolute atomic E-state index is 0.0830. The molecule has 0 aliphatic carbocycles. The van der Waals surface area contributed by atoms with Gasteiger partial charge in [-0.15, -0.1) is 0 Å². The molecule has 0 saturated carbocycles. The number of alkyl halides is 1. The molecule has 0 fully saturated rings. The summed E-state index contributed by atoms with van der Waals surface area (Å²) in [4.78, 5) is 9.81. The van der Waals surface area contributed by atoms with E-state index >= 15 is 0 Å². The Hall–Kier alpha value is -0.400. The molecule has 0 radical (unpaired) electrons. The Kier molecular flexibility index (Phi) is 2.82. The van der Waals surface area contributed by atoms with Crippen LogP contribution >= 0.6 is 0 Å². The average Bonchev–Trinajstić information content (AvgIpc) is 1.62. The molecule has 0 N–H and O–H groups in total. The Bertz CT molecular complexity index is 93.6. The van der Waals surface area contributed by atoms with Crippen LogP contribution in [0.25, 0.3) is 0 Å². The number of rotatable bonds is 2. The number of hydrogen-bond acceptors (Lipinski definition) is 1. The fraction of sp³-hybridized carbons (Fsp3) is 0.857. The van der Waals surface area contributed by atoms with Gasteiger partial charge in [-0.25, -0.2) is 4.39 Å². The molecule has 0 aromatic heterocycles. The lowest BCUT2D eigenvalue weighted by atomic mass is 9.90. The second-order valence-corrected chi connectivity index (χ2v) is 3.42. The maximum atomic E-state index is 12.3. The number of aldehydes is 1. The second kappa shape index (κ2) is 2.95. The molecule has 9 heavy (non-hydrogen) atoms. The predicted octanol–water partition coefficient (Wildman–Crippen LogP) is 1.96. The summed E-state index contributed by atoms with van der Waals surface area (Å²) >= 11 is 0. The van der Waals surface area contributed by atoms with Gasteiger partial charge < -0.3 is 4.79 Å². The molecule has 0 amide bonds. The van der Waals surface area contributed by atoms with Crippen molar-refractivity contribution in [3.63, 3.8) is 0 Å². The van der Waals surface area contributed by atoms with Gasteiger partial charge in [-0.2, -0.15) is 0 Å². The van der Waals surface area contributed by atoms with E-state index in [1.165, 1.54) is 0 Å². The van der Waals surface area contributed by atoms with Crippen LogP contribution in [0.15, 0.2) is 0 Å². The van der Waals surface area contributed by atoms with Gasteiger partial charge in [0.25, 0.3) is 0 Å². The van der Waals surface area contributed by atoms with Crippen molar-refractivity contribution in [1.29, 1.82) is 0 Å². The Balaban J connectivity index is 3.59. The van der Waals surface area contributed by atoms with Gasteiger partial charge in [0.1, 0.15) is 0 Å². The minimum Gasteiger partial charge on any atom is -0.300 e. The highest BCUT2D eigenvalue weighted by atomic mass is 19.1. The molecule has 1 unspecified atom stereocenters. The summed E-state index contributed by atoms with van der Waals surface area (Å²) in [5.41, 5.74) is -0.0830. The molecule has 0 rings (SSSR count). The lowest BCUT2D eigenvalue weighted by Gasteiger charge is -2.17. The van der Waals surface area contributed by atoms with Crippen molar-refractivity contribution < 1.29 is 9.18 Å². The van der Waals surface area contributed by atoms with E-state index in [1.807, 2.05) is 20.8 Å². The fourth-order valence-electron chi connectivity index (χ4n) is 0.633. The molecule has 0 heterocycles. The van der Waals surface area contributed by atoms with Gasteiger partial charge in [0.15, 0.2) is 12.5 Å².